The predicted octanol–water partition coefficient (Wildman–Crippen LogP) is 3.48. The number of carbonyl (C=O) groups is 1. The Balaban J connectivity index is 1.73. The zero-order chi connectivity index (χ0) is 22.0. The number of halogens is 1. The molecular weight excluding hydrogens is 462 g/mol. The van der Waals surface area contributed by atoms with E-state index in [0.29, 0.717) is 24.5 Å². The van der Waals surface area contributed by atoms with Gasteiger partial charge in [0.2, 0.25) is 0 Å². The molecule has 1 saturated heterocycles. The molecule has 0 amide bonds. The van der Waals surface area contributed by atoms with Gasteiger partial charge in [-0.3, -0.25) is 15.1 Å². The smallest absolute Gasteiger partial charge is 0.323 e. The molecule has 2 heterocycles. The number of hydrogen-bond acceptors (Lipinski definition) is 7. The Bertz CT molecular complexity index is 969. The molecule has 7 nitrogen and oxygen atoms in total. The SMILES string of the molecule is CCOC(=O)C1CC(c2ccc(OC)c(OC)c2)N2N=C(c3ccccc3)C(Br)C2N1. The third-order valence-corrected chi connectivity index (χ3v) is 6.56. The van der Waals surface area contributed by atoms with Gasteiger partial charge in [-0.2, -0.15) is 5.10 Å². The summed E-state index contributed by atoms with van der Waals surface area (Å²) in [7, 11) is 3.23. The van der Waals surface area contributed by atoms with Crippen molar-refractivity contribution in [1.29, 1.82) is 0 Å². The molecule has 2 aliphatic heterocycles. The number of esters is 1. The normalized spacial score (nSPS) is 24.9. The lowest BCUT2D eigenvalue weighted by Crippen LogP contribution is -2.59. The average molecular weight is 488 g/mol. The zero-order valence-electron chi connectivity index (χ0n) is 17.7. The van der Waals surface area contributed by atoms with Crippen molar-refractivity contribution < 1.29 is 19.0 Å². The highest BCUT2D eigenvalue weighted by atomic mass is 79.9. The quantitative estimate of drug-likeness (QED) is 0.496. The monoisotopic (exact) mass is 487 g/mol. The van der Waals surface area contributed by atoms with Gasteiger partial charge in [-0.05, 0) is 36.6 Å². The summed E-state index contributed by atoms with van der Waals surface area (Å²) in [6.07, 6.45) is 0.326. The van der Waals surface area contributed by atoms with Crippen LogP contribution in [-0.2, 0) is 9.53 Å². The lowest BCUT2D eigenvalue weighted by Gasteiger charge is -2.41. The summed E-state index contributed by atoms with van der Waals surface area (Å²) in [6, 6.07) is 15.3. The van der Waals surface area contributed by atoms with Crippen LogP contribution >= 0.6 is 15.9 Å². The Morgan fingerprint density at radius 1 is 1.16 bits per heavy atom. The van der Waals surface area contributed by atoms with E-state index < -0.39 is 6.04 Å². The van der Waals surface area contributed by atoms with E-state index in [0.717, 1.165) is 16.8 Å². The lowest BCUT2D eigenvalue weighted by atomic mass is 9.94. The molecule has 0 spiro atoms. The van der Waals surface area contributed by atoms with Crippen LogP contribution in [0.5, 0.6) is 11.5 Å². The molecule has 4 rings (SSSR count). The number of nitrogens with one attached hydrogen (secondary N) is 1. The first-order valence-electron chi connectivity index (χ1n) is 10.3. The fraction of sp³-hybridized carbons (Fsp3) is 0.391. The average Bonchev–Trinajstić information content (AvgIpc) is 3.15. The van der Waals surface area contributed by atoms with Crippen LogP contribution in [0.1, 0.15) is 30.5 Å². The summed E-state index contributed by atoms with van der Waals surface area (Å²) in [5.74, 6) is 1.05. The summed E-state index contributed by atoms with van der Waals surface area (Å²) < 4.78 is 16.2. The van der Waals surface area contributed by atoms with E-state index >= 15 is 0 Å². The second kappa shape index (κ2) is 9.28. The maximum atomic E-state index is 12.6. The molecule has 0 radical (unpaired) electrons. The van der Waals surface area contributed by atoms with Gasteiger partial charge in [0.15, 0.2) is 11.5 Å². The van der Waals surface area contributed by atoms with Gasteiger partial charge >= 0.3 is 5.97 Å². The van der Waals surface area contributed by atoms with Crippen molar-refractivity contribution in [3.8, 4) is 11.5 Å². The highest BCUT2D eigenvalue weighted by molar-refractivity contribution is 9.10. The molecule has 8 heteroatoms. The van der Waals surface area contributed by atoms with Crippen LogP contribution in [0.25, 0.3) is 0 Å². The molecular formula is C23H26BrN3O4. The largest absolute Gasteiger partial charge is 0.493 e. The molecule has 0 aliphatic carbocycles. The van der Waals surface area contributed by atoms with Crippen molar-refractivity contribution in [2.45, 2.75) is 36.4 Å². The summed E-state index contributed by atoms with van der Waals surface area (Å²) in [5, 5.41) is 10.4. The van der Waals surface area contributed by atoms with E-state index in [1.807, 2.05) is 60.5 Å². The van der Waals surface area contributed by atoms with Gasteiger partial charge in [0.1, 0.15) is 12.2 Å². The van der Waals surface area contributed by atoms with Crippen LogP contribution in [0.2, 0.25) is 0 Å². The number of carbonyl (C=O) groups excluding carboxylic acids is 1. The van der Waals surface area contributed by atoms with Crippen molar-refractivity contribution in [1.82, 2.24) is 10.3 Å². The number of hydrogen-bond donors (Lipinski definition) is 1. The molecule has 2 aliphatic rings. The molecule has 1 fully saturated rings. The van der Waals surface area contributed by atoms with Gasteiger partial charge in [0.05, 0.1) is 37.4 Å². The molecule has 4 atom stereocenters. The highest BCUT2D eigenvalue weighted by Crippen LogP contribution is 2.41. The van der Waals surface area contributed by atoms with E-state index in [9.17, 15) is 4.79 Å². The van der Waals surface area contributed by atoms with Crippen molar-refractivity contribution >= 4 is 27.6 Å². The van der Waals surface area contributed by atoms with E-state index in [2.05, 4.69) is 21.2 Å². The van der Waals surface area contributed by atoms with Crippen LogP contribution in [0.15, 0.2) is 53.6 Å². The maximum absolute atomic E-state index is 12.6. The summed E-state index contributed by atoms with van der Waals surface area (Å²) in [5.41, 5.74) is 2.96. The molecule has 2 aromatic carbocycles. The van der Waals surface area contributed by atoms with Crippen molar-refractivity contribution in [2.75, 3.05) is 20.8 Å². The third-order valence-electron chi connectivity index (χ3n) is 5.63. The molecule has 4 unspecified atom stereocenters. The highest BCUT2D eigenvalue weighted by Gasteiger charge is 2.47. The molecule has 1 N–H and O–H groups in total. The molecule has 0 saturated carbocycles. The molecule has 2 aromatic rings. The minimum atomic E-state index is -0.440. The minimum absolute atomic E-state index is 0.0882. The van der Waals surface area contributed by atoms with Crippen LogP contribution in [0.3, 0.4) is 0 Å². The van der Waals surface area contributed by atoms with Gasteiger partial charge < -0.3 is 14.2 Å². The molecule has 164 valence electrons. The fourth-order valence-corrected chi connectivity index (χ4v) is 4.89. The van der Waals surface area contributed by atoms with Crippen LogP contribution in [0, 0.1) is 0 Å². The Morgan fingerprint density at radius 3 is 2.58 bits per heavy atom. The Kier molecular flexibility index (Phi) is 6.48. The van der Waals surface area contributed by atoms with E-state index in [1.165, 1.54) is 0 Å². The molecule has 0 bridgehead atoms. The van der Waals surface area contributed by atoms with Gasteiger partial charge in [0.25, 0.3) is 0 Å². The number of fused-ring (bicyclic) bond motifs is 1. The standard InChI is InChI=1S/C23H26BrN3O4/c1-4-31-23(28)16-13-17(15-10-11-18(29-2)19(12-15)30-3)27-22(25-16)20(24)21(26-27)14-8-6-5-7-9-14/h5-12,16-17,20,22,25H,4,13H2,1-3H3. The third kappa shape index (κ3) is 4.14. The van der Waals surface area contributed by atoms with Crippen molar-refractivity contribution in [2.24, 2.45) is 5.10 Å². The van der Waals surface area contributed by atoms with Crippen LogP contribution in [-0.4, -0.2) is 54.6 Å². The van der Waals surface area contributed by atoms with Gasteiger partial charge in [-0.25, -0.2) is 0 Å². The second-order valence-electron chi connectivity index (χ2n) is 7.42. The van der Waals surface area contributed by atoms with E-state index in [-0.39, 0.29) is 23.0 Å². The maximum Gasteiger partial charge on any atom is 0.323 e. The second-order valence-corrected chi connectivity index (χ2v) is 8.40. The predicted molar refractivity (Wildman–Crippen MR) is 122 cm³/mol. The van der Waals surface area contributed by atoms with E-state index in [1.54, 1.807) is 14.2 Å². The van der Waals surface area contributed by atoms with Crippen molar-refractivity contribution in [3.63, 3.8) is 0 Å². The Hall–Kier alpha value is -2.58. The molecule has 31 heavy (non-hydrogen) atoms. The first-order valence-corrected chi connectivity index (χ1v) is 11.2. The number of hydrazone groups is 1. The number of alkyl halides is 1. The fourth-order valence-electron chi connectivity index (χ4n) is 4.14. The van der Waals surface area contributed by atoms with Crippen LogP contribution in [0.4, 0.5) is 0 Å². The number of benzene rings is 2. The first-order chi connectivity index (χ1) is 15.1. The van der Waals surface area contributed by atoms with E-state index in [4.69, 9.17) is 19.3 Å². The summed E-state index contributed by atoms with van der Waals surface area (Å²) >= 11 is 3.82. The van der Waals surface area contributed by atoms with Gasteiger partial charge in [0, 0.05) is 0 Å². The zero-order valence-corrected chi connectivity index (χ0v) is 19.3. The van der Waals surface area contributed by atoms with Crippen molar-refractivity contribution in [3.05, 3.63) is 59.7 Å². The Labute approximate surface area is 190 Å². The van der Waals surface area contributed by atoms with Gasteiger partial charge in [-0.1, -0.05) is 52.3 Å². The molecule has 0 aromatic heterocycles. The minimum Gasteiger partial charge on any atom is -0.493 e. The lowest BCUT2D eigenvalue weighted by molar-refractivity contribution is -0.148. The number of methoxy groups -OCH3 is 2. The van der Waals surface area contributed by atoms with Gasteiger partial charge in [-0.15, -0.1) is 0 Å². The first kappa shape index (κ1) is 21.6. The van der Waals surface area contributed by atoms with Crippen LogP contribution < -0.4 is 14.8 Å². The summed E-state index contributed by atoms with van der Waals surface area (Å²) in [6.45, 7) is 2.16. The number of nitrogens with zero attached hydrogens (tertiary/aromatic N) is 2. The number of ether oxygens (including phenoxy) is 3. The Morgan fingerprint density at radius 2 is 1.90 bits per heavy atom. The topological polar surface area (TPSA) is 72.4 Å². The summed E-state index contributed by atoms with van der Waals surface area (Å²) in [4.78, 5) is 12.6. The number of rotatable bonds is 6.